The quantitative estimate of drug-likeness (QED) is 0.913. The average molecular weight is 324 g/mol. The van der Waals surface area contributed by atoms with Crippen LogP contribution in [0, 0.1) is 6.92 Å². The number of hydrogen-bond acceptors (Lipinski definition) is 3. The van der Waals surface area contributed by atoms with Crippen molar-refractivity contribution in [2.24, 2.45) is 0 Å². The number of benzene rings is 2. The highest BCUT2D eigenvalue weighted by molar-refractivity contribution is 5.94. The van der Waals surface area contributed by atoms with E-state index >= 15 is 0 Å². The van der Waals surface area contributed by atoms with E-state index in [9.17, 15) is 4.79 Å². The second-order valence-electron chi connectivity index (χ2n) is 6.43. The van der Waals surface area contributed by atoms with Crippen molar-refractivity contribution in [3.63, 3.8) is 0 Å². The predicted octanol–water partition coefficient (Wildman–Crippen LogP) is 3.61. The summed E-state index contributed by atoms with van der Waals surface area (Å²) >= 11 is 0. The minimum atomic E-state index is -0.0512. The molecule has 1 N–H and O–H groups in total. The first-order valence-corrected chi connectivity index (χ1v) is 8.45. The van der Waals surface area contributed by atoms with Gasteiger partial charge in [-0.25, -0.2) is 0 Å². The minimum Gasteiger partial charge on any atom is -0.457 e. The molecule has 1 amide bonds. The van der Waals surface area contributed by atoms with Crippen LogP contribution in [0.15, 0.2) is 48.5 Å². The number of carbonyl (C=O) groups is 1. The summed E-state index contributed by atoms with van der Waals surface area (Å²) in [6.45, 7) is 3.84. The molecule has 1 aliphatic heterocycles. The Balaban J connectivity index is 1.61. The van der Waals surface area contributed by atoms with Gasteiger partial charge < -0.3 is 15.0 Å². The highest BCUT2D eigenvalue weighted by Crippen LogP contribution is 2.22. The van der Waals surface area contributed by atoms with Gasteiger partial charge in [0.25, 0.3) is 5.91 Å². The number of rotatable bonds is 5. The lowest BCUT2D eigenvalue weighted by Gasteiger charge is -2.19. The second-order valence-corrected chi connectivity index (χ2v) is 6.43. The van der Waals surface area contributed by atoms with Gasteiger partial charge >= 0.3 is 0 Å². The van der Waals surface area contributed by atoms with Gasteiger partial charge in [-0.15, -0.1) is 0 Å². The molecule has 0 bridgehead atoms. The van der Waals surface area contributed by atoms with Crippen LogP contribution in [-0.4, -0.2) is 37.0 Å². The molecular formula is C20H24N2O2. The van der Waals surface area contributed by atoms with Gasteiger partial charge in [-0.2, -0.15) is 0 Å². The first kappa shape index (κ1) is 16.5. The number of nitrogens with one attached hydrogen (secondary N) is 1. The van der Waals surface area contributed by atoms with Gasteiger partial charge in [-0.3, -0.25) is 4.79 Å². The summed E-state index contributed by atoms with van der Waals surface area (Å²) in [5.74, 6) is 1.39. The van der Waals surface area contributed by atoms with E-state index in [1.807, 2.05) is 49.4 Å². The molecule has 2 aromatic carbocycles. The number of likely N-dealkylation sites (N-methyl/N-ethyl adjacent to an activating group) is 1. The van der Waals surface area contributed by atoms with Crippen molar-refractivity contribution in [2.45, 2.75) is 25.8 Å². The molecule has 126 valence electrons. The van der Waals surface area contributed by atoms with Crippen LogP contribution in [-0.2, 0) is 0 Å². The van der Waals surface area contributed by atoms with E-state index in [0.29, 0.717) is 23.9 Å². The molecule has 4 heteroatoms. The van der Waals surface area contributed by atoms with E-state index < -0.39 is 0 Å². The van der Waals surface area contributed by atoms with E-state index in [1.54, 1.807) is 6.07 Å². The Morgan fingerprint density at radius 3 is 2.71 bits per heavy atom. The molecular weight excluding hydrogens is 300 g/mol. The Morgan fingerprint density at radius 2 is 2.00 bits per heavy atom. The maximum atomic E-state index is 12.4. The molecule has 0 saturated carbocycles. The predicted molar refractivity (Wildman–Crippen MR) is 95.7 cm³/mol. The van der Waals surface area contributed by atoms with Crippen molar-refractivity contribution in [1.82, 2.24) is 10.2 Å². The van der Waals surface area contributed by atoms with Crippen molar-refractivity contribution >= 4 is 5.91 Å². The molecule has 0 aliphatic carbocycles. The summed E-state index contributed by atoms with van der Waals surface area (Å²) < 4.78 is 5.83. The molecule has 1 atom stereocenters. The van der Waals surface area contributed by atoms with Crippen LogP contribution >= 0.6 is 0 Å². The molecule has 1 unspecified atom stereocenters. The molecule has 1 saturated heterocycles. The van der Waals surface area contributed by atoms with Crippen molar-refractivity contribution in [1.29, 1.82) is 0 Å². The molecule has 0 aromatic heterocycles. The third-order valence-electron chi connectivity index (χ3n) is 4.52. The van der Waals surface area contributed by atoms with E-state index in [0.717, 1.165) is 18.7 Å². The van der Waals surface area contributed by atoms with Gasteiger partial charge in [0, 0.05) is 18.2 Å². The van der Waals surface area contributed by atoms with Crippen LogP contribution in [0.3, 0.4) is 0 Å². The first-order chi connectivity index (χ1) is 11.6. The van der Waals surface area contributed by atoms with Crippen LogP contribution < -0.4 is 10.1 Å². The van der Waals surface area contributed by atoms with E-state index in [2.05, 4.69) is 17.3 Å². The van der Waals surface area contributed by atoms with E-state index in [-0.39, 0.29) is 5.91 Å². The summed E-state index contributed by atoms with van der Waals surface area (Å²) in [5.41, 5.74) is 1.81. The lowest BCUT2D eigenvalue weighted by molar-refractivity contribution is 0.0943. The van der Waals surface area contributed by atoms with E-state index in [4.69, 9.17) is 4.74 Å². The maximum absolute atomic E-state index is 12.4. The van der Waals surface area contributed by atoms with Gasteiger partial charge in [0.1, 0.15) is 11.5 Å². The lowest BCUT2D eigenvalue weighted by Crippen LogP contribution is -2.38. The summed E-state index contributed by atoms with van der Waals surface area (Å²) in [7, 11) is 2.11. The number of amides is 1. The SMILES string of the molecule is Cc1ccc(Oc2cccc(C(=O)NCC3CCCN3C)c2)cc1. The zero-order chi connectivity index (χ0) is 16.9. The smallest absolute Gasteiger partial charge is 0.251 e. The number of hydrogen-bond donors (Lipinski definition) is 1. The third kappa shape index (κ3) is 4.15. The van der Waals surface area contributed by atoms with Crippen molar-refractivity contribution in [2.75, 3.05) is 20.1 Å². The third-order valence-corrected chi connectivity index (χ3v) is 4.52. The highest BCUT2D eigenvalue weighted by atomic mass is 16.5. The van der Waals surface area contributed by atoms with E-state index in [1.165, 1.54) is 12.0 Å². The fourth-order valence-corrected chi connectivity index (χ4v) is 2.99. The Morgan fingerprint density at radius 1 is 1.21 bits per heavy atom. The molecule has 0 spiro atoms. The van der Waals surface area contributed by atoms with Crippen LogP contribution in [0.1, 0.15) is 28.8 Å². The summed E-state index contributed by atoms with van der Waals surface area (Å²) in [6, 6.07) is 15.6. The Hall–Kier alpha value is -2.33. The van der Waals surface area contributed by atoms with Crippen LogP contribution in [0.2, 0.25) is 0 Å². The monoisotopic (exact) mass is 324 g/mol. The van der Waals surface area contributed by atoms with Gasteiger partial charge in [-0.1, -0.05) is 23.8 Å². The minimum absolute atomic E-state index is 0.0512. The normalized spacial score (nSPS) is 17.7. The molecule has 4 nitrogen and oxygen atoms in total. The Kier molecular flexibility index (Phi) is 5.16. The van der Waals surface area contributed by atoms with Crippen molar-refractivity contribution < 1.29 is 9.53 Å². The van der Waals surface area contributed by atoms with Gasteiger partial charge in [0.05, 0.1) is 0 Å². The fraction of sp³-hybridized carbons (Fsp3) is 0.350. The largest absolute Gasteiger partial charge is 0.457 e. The zero-order valence-corrected chi connectivity index (χ0v) is 14.3. The molecule has 24 heavy (non-hydrogen) atoms. The number of carbonyl (C=O) groups excluding carboxylic acids is 1. The van der Waals surface area contributed by atoms with Crippen LogP contribution in [0.25, 0.3) is 0 Å². The lowest BCUT2D eigenvalue weighted by atomic mass is 10.2. The molecule has 3 rings (SSSR count). The summed E-state index contributed by atoms with van der Waals surface area (Å²) in [4.78, 5) is 14.7. The zero-order valence-electron chi connectivity index (χ0n) is 14.3. The highest BCUT2D eigenvalue weighted by Gasteiger charge is 2.21. The van der Waals surface area contributed by atoms with Gasteiger partial charge in [0.2, 0.25) is 0 Å². The van der Waals surface area contributed by atoms with Gasteiger partial charge in [-0.05, 0) is 63.7 Å². The standard InChI is InChI=1S/C20H24N2O2/c1-15-8-10-18(11-9-15)24-19-7-3-5-16(13-19)20(23)21-14-17-6-4-12-22(17)2/h3,5,7-11,13,17H,4,6,12,14H2,1-2H3,(H,21,23). The second kappa shape index (κ2) is 7.49. The number of nitrogens with zero attached hydrogens (tertiary/aromatic N) is 1. The number of aryl methyl sites for hydroxylation is 1. The van der Waals surface area contributed by atoms with Crippen LogP contribution in [0.5, 0.6) is 11.5 Å². The van der Waals surface area contributed by atoms with Crippen LogP contribution in [0.4, 0.5) is 0 Å². The molecule has 1 aliphatic rings. The fourth-order valence-electron chi connectivity index (χ4n) is 2.99. The van der Waals surface area contributed by atoms with Crippen molar-refractivity contribution in [3.8, 4) is 11.5 Å². The Labute approximate surface area is 143 Å². The molecule has 1 heterocycles. The number of likely N-dealkylation sites (tertiary alicyclic amines) is 1. The summed E-state index contributed by atoms with van der Waals surface area (Å²) in [5, 5.41) is 3.03. The first-order valence-electron chi connectivity index (χ1n) is 8.45. The van der Waals surface area contributed by atoms with Crippen molar-refractivity contribution in [3.05, 3.63) is 59.7 Å². The Bertz CT molecular complexity index is 697. The van der Waals surface area contributed by atoms with Gasteiger partial charge in [0.15, 0.2) is 0 Å². The maximum Gasteiger partial charge on any atom is 0.251 e. The number of ether oxygens (including phenoxy) is 1. The average Bonchev–Trinajstić information content (AvgIpc) is 3.00. The molecule has 0 radical (unpaired) electrons. The topological polar surface area (TPSA) is 41.6 Å². The molecule has 2 aromatic rings. The summed E-state index contributed by atoms with van der Waals surface area (Å²) in [6.07, 6.45) is 2.35. The molecule has 1 fully saturated rings.